The van der Waals surface area contributed by atoms with Crippen molar-refractivity contribution in [3.63, 3.8) is 0 Å². The number of carbonyl (C=O) groups is 2. The van der Waals surface area contributed by atoms with Crippen LogP contribution in [0.4, 0.5) is 17.6 Å². The van der Waals surface area contributed by atoms with E-state index in [4.69, 9.17) is 9.47 Å². The van der Waals surface area contributed by atoms with E-state index < -0.39 is 30.9 Å². The van der Waals surface area contributed by atoms with E-state index in [1.165, 1.54) is 82.1 Å². The second-order valence-electron chi connectivity index (χ2n) is 10.7. The third-order valence-electron chi connectivity index (χ3n) is 7.09. The Kier molecular flexibility index (Phi) is 14.2. The fourth-order valence-corrected chi connectivity index (χ4v) is 4.46. The van der Waals surface area contributed by atoms with Gasteiger partial charge in [-0.25, -0.2) is 18.4 Å². The van der Waals surface area contributed by atoms with E-state index in [1.54, 1.807) is 24.3 Å². The number of rotatable bonds is 19. The van der Waals surface area contributed by atoms with Crippen molar-refractivity contribution in [1.82, 2.24) is 0 Å². The van der Waals surface area contributed by atoms with Crippen molar-refractivity contribution in [2.24, 2.45) is 0 Å². The summed E-state index contributed by atoms with van der Waals surface area (Å²) in [5.74, 6) is -5.37. The van der Waals surface area contributed by atoms with Gasteiger partial charge in [0.25, 0.3) is 0 Å². The van der Waals surface area contributed by atoms with Crippen LogP contribution in [0.15, 0.2) is 72.8 Å². The van der Waals surface area contributed by atoms with Crippen molar-refractivity contribution < 1.29 is 41.4 Å². The van der Waals surface area contributed by atoms with Crippen LogP contribution in [0.3, 0.4) is 0 Å². The zero-order valence-corrected chi connectivity index (χ0v) is 25.0. The van der Waals surface area contributed by atoms with Crippen molar-refractivity contribution in [2.45, 2.75) is 83.5 Å². The molecule has 0 aliphatic rings. The first-order chi connectivity index (χ1) is 21.2. The molecule has 0 saturated heterocycles. The van der Waals surface area contributed by atoms with Gasteiger partial charge in [0.1, 0.15) is 11.5 Å². The van der Waals surface area contributed by atoms with E-state index in [9.17, 15) is 27.2 Å². The molecule has 0 radical (unpaired) electrons. The van der Waals surface area contributed by atoms with E-state index in [0.29, 0.717) is 12.2 Å². The predicted octanol–water partition coefficient (Wildman–Crippen LogP) is 9.93. The standard InChI is InChI=1S/C35H40F4O5/c1-2-3-4-5-6-7-8-9-10-11-24-42-30-20-16-27(17-21-30)26-12-14-29(15-13-26)33(41)44-31-22-18-28(19-23-31)32(40)43-25-35(38,39)34(36)37/h12-23,34H,2-11,24-25H2,1H3. The number of esters is 2. The highest BCUT2D eigenvalue weighted by atomic mass is 19.3. The third-order valence-corrected chi connectivity index (χ3v) is 7.09. The first-order valence-electron chi connectivity index (χ1n) is 15.2. The van der Waals surface area contributed by atoms with Crippen LogP contribution >= 0.6 is 0 Å². The second-order valence-corrected chi connectivity index (χ2v) is 10.7. The molecule has 0 amide bonds. The van der Waals surface area contributed by atoms with E-state index in [0.717, 1.165) is 23.3 Å². The van der Waals surface area contributed by atoms with E-state index in [2.05, 4.69) is 11.7 Å². The zero-order valence-electron chi connectivity index (χ0n) is 25.0. The Labute approximate surface area is 256 Å². The molecule has 0 aliphatic heterocycles. The van der Waals surface area contributed by atoms with Gasteiger partial charge in [-0.1, -0.05) is 89.0 Å². The Balaban J connectivity index is 1.39. The average Bonchev–Trinajstić information content (AvgIpc) is 3.03. The topological polar surface area (TPSA) is 61.8 Å². The van der Waals surface area contributed by atoms with Crippen molar-refractivity contribution in [3.05, 3.63) is 83.9 Å². The highest BCUT2D eigenvalue weighted by Crippen LogP contribution is 2.25. The molecule has 0 fully saturated rings. The summed E-state index contributed by atoms with van der Waals surface area (Å²) in [6.07, 6.45) is 8.84. The molecular formula is C35H40F4O5. The Bertz CT molecular complexity index is 1280. The summed E-state index contributed by atoms with van der Waals surface area (Å²) in [7, 11) is 0. The molecule has 0 aliphatic carbocycles. The molecule has 0 aromatic heterocycles. The summed E-state index contributed by atoms with van der Waals surface area (Å²) in [6, 6.07) is 19.5. The maximum absolute atomic E-state index is 13.0. The molecule has 0 atom stereocenters. The fraction of sp³-hybridized carbons (Fsp3) is 0.429. The molecule has 0 heterocycles. The molecule has 0 saturated carbocycles. The highest BCUT2D eigenvalue weighted by molar-refractivity contribution is 5.92. The summed E-state index contributed by atoms with van der Waals surface area (Å²) >= 11 is 0. The molecule has 3 aromatic carbocycles. The average molecular weight is 617 g/mol. The van der Waals surface area contributed by atoms with Crippen LogP contribution < -0.4 is 9.47 Å². The number of ether oxygens (including phenoxy) is 3. The number of hydrogen-bond acceptors (Lipinski definition) is 5. The minimum atomic E-state index is -4.44. The molecule has 44 heavy (non-hydrogen) atoms. The quantitative estimate of drug-likeness (QED) is 0.0581. The smallest absolute Gasteiger partial charge is 0.343 e. The van der Waals surface area contributed by atoms with Crippen LogP contribution in [0.2, 0.25) is 0 Å². The van der Waals surface area contributed by atoms with Gasteiger partial charge in [-0.05, 0) is 66.1 Å². The fourth-order valence-electron chi connectivity index (χ4n) is 4.46. The van der Waals surface area contributed by atoms with Gasteiger partial charge in [-0.2, -0.15) is 8.78 Å². The van der Waals surface area contributed by atoms with Crippen molar-refractivity contribution >= 4 is 11.9 Å². The molecule has 0 bridgehead atoms. The minimum Gasteiger partial charge on any atom is -0.494 e. The first-order valence-corrected chi connectivity index (χ1v) is 15.2. The molecule has 0 unspecified atom stereocenters. The molecular weight excluding hydrogens is 576 g/mol. The second kappa shape index (κ2) is 18.0. The lowest BCUT2D eigenvalue weighted by Crippen LogP contribution is -2.33. The number of halogens is 4. The summed E-state index contributed by atoms with van der Waals surface area (Å²) in [4.78, 5) is 24.4. The van der Waals surface area contributed by atoms with Gasteiger partial charge in [-0.3, -0.25) is 0 Å². The predicted molar refractivity (Wildman–Crippen MR) is 162 cm³/mol. The first kappa shape index (κ1) is 34.6. The number of unbranched alkanes of at least 4 members (excludes halogenated alkanes) is 9. The molecule has 9 heteroatoms. The van der Waals surface area contributed by atoms with Crippen molar-refractivity contribution in [2.75, 3.05) is 13.2 Å². The van der Waals surface area contributed by atoms with Crippen molar-refractivity contribution in [3.8, 4) is 22.6 Å². The van der Waals surface area contributed by atoms with Crippen LogP contribution in [-0.2, 0) is 4.74 Å². The molecule has 0 spiro atoms. The monoisotopic (exact) mass is 616 g/mol. The number of alkyl halides is 4. The molecule has 5 nitrogen and oxygen atoms in total. The number of benzene rings is 3. The largest absolute Gasteiger partial charge is 0.494 e. The van der Waals surface area contributed by atoms with Gasteiger partial charge < -0.3 is 14.2 Å². The summed E-state index contributed by atoms with van der Waals surface area (Å²) in [6.45, 7) is 1.19. The highest BCUT2D eigenvalue weighted by Gasteiger charge is 2.42. The number of hydrogen-bond donors (Lipinski definition) is 0. The maximum Gasteiger partial charge on any atom is 0.343 e. The third kappa shape index (κ3) is 11.7. The van der Waals surface area contributed by atoms with Gasteiger partial charge in [-0.15, -0.1) is 0 Å². The Morgan fingerprint density at radius 3 is 1.64 bits per heavy atom. The number of carbonyl (C=O) groups excluding carboxylic acids is 2. The lowest BCUT2D eigenvalue weighted by atomic mass is 10.0. The minimum absolute atomic E-state index is 0.0990. The molecule has 238 valence electrons. The summed E-state index contributed by atoms with van der Waals surface area (Å²) in [5, 5.41) is 0. The molecule has 3 aromatic rings. The van der Waals surface area contributed by atoms with Crippen LogP contribution in [0.1, 0.15) is 91.8 Å². The Morgan fingerprint density at radius 2 is 1.09 bits per heavy atom. The van der Waals surface area contributed by atoms with E-state index in [-0.39, 0.29) is 11.3 Å². The molecule has 0 N–H and O–H groups in total. The van der Waals surface area contributed by atoms with Gasteiger partial charge in [0.05, 0.1) is 17.7 Å². The van der Waals surface area contributed by atoms with Gasteiger partial charge in [0, 0.05) is 0 Å². The summed E-state index contributed by atoms with van der Waals surface area (Å²) < 4.78 is 65.8. The van der Waals surface area contributed by atoms with Crippen LogP contribution in [0.5, 0.6) is 11.5 Å². The lowest BCUT2D eigenvalue weighted by molar-refractivity contribution is -0.155. The normalized spacial score (nSPS) is 11.4. The van der Waals surface area contributed by atoms with Crippen molar-refractivity contribution in [1.29, 1.82) is 0 Å². The summed E-state index contributed by atoms with van der Waals surface area (Å²) in [5.41, 5.74) is 2.01. The van der Waals surface area contributed by atoms with Crippen LogP contribution in [0, 0.1) is 0 Å². The van der Waals surface area contributed by atoms with Gasteiger partial charge in [0.2, 0.25) is 0 Å². The van der Waals surface area contributed by atoms with Gasteiger partial charge >= 0.3 is 24.3 Å². The molecule has 3 rings (SSSR count). The maximum atomic E-state index is 13.0. The van der Waals surface area contributed by atoms with Gasteiger partial charge in [0.15, 0.2) is 6.61 Å². The Hall–Kier alpha value is -3.88. The lowest BCUT2D eigenvalue weighted by Gasteiger charge is -2.15. The van der Waals surface area contributed by atoms with E-state index >= 15 is 0 Å². The SMILES string of the molecule is CCCCCCCCCCCCOc1ccc(-c2ccc(C(=O)Oc3ccc(C(=O)OCC(F)(F)C(F)F)cc3)cc2)cc1. The Morgan fingerprint density at radius 1 is 0.636 bits per heavy atom. The van der Waals surface area contributed by atoms with E-state index in [1.807, 2.05) is 24.3 Å². The van der Waals surface area contributed by atoms with Crippen LogP contribution in [-0.4, -0.2) is 37.5 Å². The van der Waals surface area contributed by atoms with Crippen LogP contribution in [0.25, 0.3) is 11.1 Å². The zero-order chi connectivity index (χ0) is 31.8.